The number of benzene rings is 1. The first-order chi connectivity index (χ1) is 9.04. The molecule has 1 N–H and O–H groups in total. The van der Waals surface area contributed by atoms with Crippen molar-refractivity contribution in [3.8, 4) is 0 Å². The van der Waals surface area contributed by atoms with Gasteiger partial charge in [-0.05, 0) is 25.0 Å². The number of ether oxygens (including phenoxy) is 1. The monoisotopic (exact) mass is 259 g/mol. The highest BCUT2D eigenvalue weighted by Gasteiger charge is 2.32. The van der Waals surface area contributed by atoms with Gasteiger partial charge >= 0.3 is 5.97 Å². The maximum atomic E-state index is 11.9. The number of esters is 1. The van der Waals surface area contributed by atoms with Crippen LogP contribution in [0.3, 0.4) is 0 Å². The molecule has 19 heavy (non-hydrogen) atoms. The van der Waals surface area contributed by atoms with Crippen LogP contribution in [0.2, 0.25) is 0 Å². The molecular formula is C15H17NO3. The van der Waals surface area contributed by atoms with E-state index < -0.39 is 0 Å². The molecule has 4 heteroatoms. The zero-order valence-corrected chi connectivity index (χ0v) is 11.3. The van der Waals surface area contributed by atoms with E-state index in [4.69, 9.17) is 4.74 Å². The Labute approximate surface area is 112 Å². The molecule has 0 saturated heterocycles. The maximum Gasteiger partial charge on any atom is 0.336 e. The van der Waals surface area contributed by atoms with Gasteiger partial charge in [-0.3, -0.25) is 4.79 Å². The van der Waals surface area contributed by atoms with Crippen LogP contribution in [0.1, 0.15) is 30.4 Å². The van der Waals surface area contributed by atoms with E-state index in [0.717, 1.165) is 11.1 Å². The molecule has 0 aromatic heterocycles. The Morgan fingerprint density at radius 3 is 2.63 bits per heavy atom. The molecule has 1 aliphatic rings. The quantitative estimate of drug-likeness (QED) is 0.827. The standard InChI is InChI=1S/C15H17NO3/c1-9-6-4-5-7-11(9)12-8-13(17)16-10(2)14(12)15(18)19-3/h4-7,12H,8H2,1-3H3,(H,16,17). The molecule has 1 aromatic rings. The molecule has 0 radical (unpaired) electrons. The smallest absolute Gasteiger partial charge is 0.336 e. The van der Waals surface area contributed by atoms with Crippen LogP contribution in [-0.2, 0) is 14.3 Å². The number of hydrogen-bond donors (Lipinski definition) is 1. The molecular weight excluding hydrogens is 242 g/mol. The van der Waals surface area contributed by atoms with E-state index in [1.165, 1.54) is 7.11 Å². The van der Waals surface area contributed by atoms with E-state index in [0.29, 0.717) is 11.3 Å². The Bertz CT molecular complexity index is 560. The minimum Gasteiger partial charge on any atom is -0.466 e. The van der Waals surface area contributed by atoms with Crippen molar-refractivity contribution in [1.29, 1.82) is 0 Å². The summed E-state index contributed by atoms with van der Waals surface area (Å²) in [5.74, 6) is -0.688. The lowest BCUT2D eigenvalue weighted by atomic mass is 9.82. The van der Waals surface area contributed by atoms with Crippen molar-refractivity contribution in [2.75, 3.05) is 7.11 Å². The van der Waals surface area contributed by atoms with Gasteiger partial charge in [-0.1, -0.05) is 24.3 Å². The highest BCUT2D eigenvalue weighted by molar-refractivity contribution is 5.95. The van der Waals surface area contributed by atoms with Gasteiger partial charge < -0.3 is 10.1 Å². The predicted octanol–water partition coefficient (Wildman–Crippen LogP) is 2.05. The van der Waals surface area contributed by atoms with Crippen LogP contribution in [0, 0.1) is 6.92 Å². The molecule has 4 nitrogen and oxygen atoms in total. The van der Waals surface area contributed by atoms with Gasteiger partial charge in [-0.25, -0.2) is 4.79 Å². The van der Waals surface area contributed by atoms with Crippen LogP contribution in [0.15, 0.2) is 35.5 Å². The van der Waals surface area contributed by atoms with Gasteiger partial charge in [-0.15, -0.1) is 0 Å². The van der Waals surface area contributed by atoms with Crippen molar-refractivity contribution < 1.29 is 14.3 Å². The number of rotatable bonds is 2. The van der Waals surface area contributed by atoms with Crippen LogP contribution in [0.4, 0.5) is 0 Å². The van der Waals surface area contributed by atoms with E-state index in [1.54, 1.807) is 6.92 Å². The van der Waals surface area contributed by atoms with Gasteiger partial charge in [0.2, 0.25) is 5.91 Å². The summed E-state index contributed by atoms with van der Waals surface area (Å²) >= 11 is 0. The lowest BCUT2D eigenvalue weighted by Gasteiger charge is -2.27. The Balaban J connectivity index is 2.53. The molecule has 1 amide bonds. The second-order valence-electron chi connectivity index (χ2n) is 4.69. The van der Waals surface area contributed by atoms with Gasteiger partial charge in [0.15, 0.2) is 0 Å². The number of methoxy groups -OCH3 is 1. The fraction of sp³-hybridized carbons (Fsp3) is 0.333. The topological polar surface area (TPSA) is 55.4 Å². The molecule has 100 valence electrons. The lowest BCUT2D eigenvalue weighted by molar-refractivity contribution is -0.136. The summed E-state index contributed by atoms with van der Waals surface area (Å²) in [6.07, 6.45) is 0.270. The summed E-state index contributed by atoms with van der Waals surface area (Å²) in [6.45, 7) is 3.71. The first kappa shape index (κ1) is 13.3. The first-order valence-corrected chi connectivity index (χ1v) is 6.19. The molecule has 1 unspecified atom stereocenters. The third kappa shape index (κ3) is 2.52. The highest BCUT2D eigenvalue weighted by atomic mass is 16.5. The normalized spacial score (nSPS) is 19.1. The van der Waals surface area contributed by atoms with Gasteiger partial charge in [0.1, 0.15) is 0 Å². The molecule has 1 aromatic carbocycles. The molecule has 0 fully saturated rings. The van der Waals surface area contributed by atoms with Crippen molar-refractivity contribution in [2.24, 2.45) is 0 Å². The van der Waals surface area contributed by atoms with Crippen molar-refractivity contribution in [3.05, 3.63) is 46.7 Å². The Kier molecular flexibility index (Phi) is 3.69. The van der Waals surface area contributed by atoms with E-state index in [2.05, 4.69) is 5.32 Å². The van der Waals surface area contributed by atoms with E-state index >= 15 is 0 Å². The Hall–Kier alpha value is -2.10. The molecule has 2 rings (SSSR count). The first-order valence-electron chi connectivity index (χ1n) is 6.19. The van der Waals surface area contributed by atoms with Crippen LogP contribution in [-0.4, -0.2) is 19.0 Å². The Morgan fingerprint density at radius 1 is 1.32 bits per heavy atom. The van der Waals surface area contributed by atoms with Gasteiger partial charge in [-0.2, -0.15) is 0 Å². The third-order valence-electron chi connectivity index (χ3n) is 3.44. The van der Waals surface area contributed by atoms with Gasteiger partial charge in [0.25, 0.3) is 0 Å². The molecule has 0 saturated carbocycles. The molecule has 0 bridgehead atoms. The number of nitrogens with one attached hydrogen (secondary N) is 1. The molecule has 0 aliphatic carbocycles. The zero-order valence-electron chi connectivity index (χ0n) is 11.3. The number of hydrogen-bond acceptors (Lipinski definition) is 3. The van der Waals surface area contributed by atoms with Crippen LogP contribution in [0.25, 0.3) is 0 Å². The number of carbonyl (C=O) groups is 2. The second kappa shape index (κ2) is 5.26. The molecule has 1 aliphatic heterocycles. The summed E-state index contributed by atoms with van der Waals surface area (Å²) in [6, 6.07) is 7.79. The van der Waals surface area contributed by atoms with Crippen molar-refractivity contribution in [3.63, 3.8) is 0 Å². The highest BCUT2D eigenvalue weighted by Crippen LogP contribution is 2.34. The number of carbonyl (C=O) groups excluding carboxylic acids is 2. The van der Waals surface area contributed by atoms with Crippen LogP contribution in [0.5, 0.6) is 0 Å². The minimum absolute atomic E-state index is 0.0709. The van der Waals surface area contributed by atoms with Crippen LogP contribution < -0.4 is 5.32 Å². The lowest BCUT2D eigenvalue weighted by Crippen LogP contribution is -2.34. The van der Waals surface area contributed by atoms with Crippen LogP contribution >= 0.6 is 0 Å². The second-order valence-corrected chi connectivity index (χ2v) is 4.69. The van der Waals surface area contributed by atoms with E-state index in [9.17, 15) is 9.59 Å². The largest absolute Gasteiger partial charge is 0.466 e. The molecule has 1 atom stereocenters. The van der Waals surface area contributed by atoms with E-state index in [-0.39, 0.29) is 24.2 Å². The summed E-state index contributed by atoms with van der Waals surface area (Å²) in [5.41, 5.74) is 3.18. The third-order valence-corrected chi connectivity index (χ3v) is 3.44. The number of allylic oxidation sites excluding steroid dienone is 1. The summed E-state index contributed by atoms with van der Waals surface area (Å²) in [4.78, 5) is 23.7. The predicted molar refractivity (Wildman–Crippen MR) is 71.4 cm³/mol. The maximum absolute atomic E-state index is 11.9. The van der Waals surface area contributed by atoms with Crippen molar-refractivity contribution in [1.82, 2.24) is 5.32 Å². The summed E-state index contributed by atoms with van der Waals surface area (Å²) < 4.78 is 4.84. The van der Waals surface area contributed by atoms with Gasteiger partial charge in [0.05, 0.1) is 12.7 Å². The molecule has 1 heterocycles. The fourth-order valence-electron chi connectivity index (χ4n) is 2.52. The van der Waals surface area contributed by atoms with E-state index in [1.807, 2.05) is 31.2 Å². The summed E-state index contributed by atoms with van der Waals surface area (Å²) in [5, 5.41) is 2.70. The minimum atomic E-state index is -0.384. The zero-order chi connectivity index (χ0) is 14.0. The number of amides is 1. The summed E-state index contributed by atoms with van der Waals surface area (Å²) in [7, 11) is 1.36. The Morgan fingerprint density at radius 2 is 2.00 bits per heavy atom. The SMILES string of the molecule is COC(=O)C1=C(C)NC(=O)CC1c1ccccc1C. The fourth-order valence-corrected chi connectivity index (χ4v) is 2.52. The van der Waals surface area contributed by atoms with Crippen molar-refractivity contribution in [2.45, 2.75) is 26.2 Å². The average Bonchev–Trinajstić information content (AvgIpc) is 2.37. The average molecular weight is 259 g/mol. The van der Waals surface area contributed by atoms with Crippen molar-refractivity contribution >= 4 is 11.9 Å². The number of aryl methyl sites for hydroxylation is 1. The van der Waals surface area contributed by atoms with Gasteiger partial charge in [0, 0.05) is 18.0 Å². The molecule has 0 spiro atoms.